The van der Waals surface area contributed by atoms with Gasteiger partial charge in [0.05, 0.1) is 12.8 Å². The molecule has 1 aromatic heterocycles. The van der Waals surface area contributed by atoms with Crippen LogP contribution in [0.2, 0.25) is 0 Å². The Morgan fingerprint density at radius 1 is 1.30 bits per heavy atom. The molecule has 0 saturated carbocycles. The highest BCUT2D eigenvalue weighted by molar-refractivity contribution is 6.04. The van der Waals surface area contributed by atoms with Gasteiger partial charge in [0, 0.05) is 11.4 Å². The van der Waals surface area contributed by atoms with E-state index < -0.39 is 11.5 Å². The van der Waals surface area contributed by atoms with Crippen molar-refractivity contribution in [2.75, 3.05) is 18.2 Å². The lowest BCUT2D eigenvalue weighted by molar-refractivity contribution is 0.102. The van der Waals surface area contributed by atoms with Gasteiger partial charge in [0.2, 0.25) is 0 Å². The summed E-state index contributed by atoms with van der Waals surface area (Å²) >= 11 is 0. The van der Waals surface area contributed by atoms with Crippen LogP contribution in [0.3, 0.4) is 0 Å². The van der Waals surface area contributed by atoms with E-state index in [2.05, 4.69) is 10.3 Å². The van der Waals surface area contributed by atoms with Crippen molar-refractivity contribution in [2.45, 2.75) is 6.92 Å². The molecule has 1 heterocycles. The minimum atomic E-state index is -0.490. The number of ether oxygens (including phenoxy) is 1. The number of carbonyl (C=O) groups excluding carboxylic acids is 1. The van der Waals surface area contributed by atoms with Crippen LogP contribution in [0.4, 0.5) is 11.4 Å². The molecule has 0 saturated heterocycles. The van der Waals surface area contributed by atoms with Crippen LogP contribution in [0.15, 0.2) is 35.1 Å². The predicted octanol–water partition coefficient (Wildman–Crippen LogP) is 1.53. The molecule has 1 aromatic carbocycles. The first-order chi connectivity index (χ1) is 9.51. The molecule has 2 aromatic rings. The second kappa shape index (κ2) is 5.48. The minimum Gasteiger partial charge on any atom is -0.495 e. The summed E-state index contributed by atoms with van der Waals surface area (Å²) in [7, 11) is 1.51. The maximum atomic E-state index is 12.0. The van der Waals surface area contributed by atoms with Crippen molar-refractivity contribution in [3.63, 3.8) is 0 Å². The highest BCUT2D eigenvalue weighted by Crippen LogP contribution is 2.24. The predicted molar refractivity (Wildman–Crippen MR) is 77.2 cm³/mol. The summed E-state index contributed by atoms with van der Waals surface area (Å²) < 4.78 is 5.03. The number of H-pyrrole nitrogens is 1. The monoisotopic (exact) mass is 273 g/mol. The van der Waals surface area contributed by atoms with Crippen molar-refractivity contribution in [3.05, 3.63) is 51.9 Å². The zero-order valence-electron chi connectivity index (χ0n) is 11.2. The van der Waals surface area contributed by atoms with E-state index in [1.165, 1.54) is 13.2 Å². The van der Waals surface area contributed by atoms with Crippen LogP contribution in [-0.2, 0) is 0 Å². The lowest BCUT2D eigenvalue weighted by atomic mass is 10.2. The summed E-state index contributed by atoms with van der Waals surface area (Å²) in [5.41, 5.74) is 6.97. The molecular formula is C14H15N3O3. The van der Waals surface area contributed by atoms with Crippen molar-refractivity contribution in [1.82, 2.24) is 4.98 Å². The summed E-state index contributed by atoms with van der Waals surface area (Å²) in [4.78, 5) is 26.3. The smallest absolute Gasteiger partial charge is 0.261 e. The number of nitrogens with one attached hydrogen (secondary N) is 2. The van der Waals surface area contributed by atoms with E-state index in [9.17, 15) is 9.59 Å². The van der Waals surface area contributed by atoms with Crippen molar-refractivity contribution in [3.8, 4) is 5.75 Å². The summed E-state index contributed by atoms with van der Waals surface area (Å²) in [6, 6.07) is 8.01. The molecule has 104 valence electrons. The van der Waals surface area contributed by atoms with Crippen LogP contribution in [0.1, 0.15) is 16.1 Å². The summed E-state index contributed by atoms with van der Waals surface area (Å²) in [6.07, 6.45) is 0. The molecule has 0 aliphatic rings. The van der Waals surface area contributed by atoms with Crippen LogP contribution in [-0.4, -0.2) is 18.0 Å². The van der Waals surface area contributed by atoms with E-state index in [4.69, 9.17) is 10.5 Å². The highest BCUT2D eigenvalue weighted by atomic mass is 16.5. The number of hydrogen-bond donors (Lipinski definition) is 3. The van der Waals surface area contributed by atoms with Gasteiger partial charge in [-0.1, -0.05) is 0 Å². The van der Waals surface area contributed by atoms with Gasteiger partial charge in [0.25, 0.3) is 11.5 Å². The number of carbonyl (C=O) groups is 1. The Morgan fingerprint density at radius 2 is 2.05 bits per heavy atom. The lowest BCUT2D eigenvalue weighted by Gasteiger charge is -2.08. The number of pyridine rings is 1. The summed E-state index contributed by atoms with van der Waals surface area (Å²) in [6.45, 7) is 1.74. The van der Waals surface area contributed by atoms with Gasteiger partial charge in [-0.3, -0.25) is 9.59 Å². The molecule has 4 N–H and O–H groups in total. The molecule has 1 amide bonds. The third-order valence-electron chi connectivity index (χ3n) is 2.79. The fourth-order valence-corrected chi connectivity index (χ4v) is 1.76. The number of anilines is 2. The third-order valence-corrected chi connectivity index (χ3v) is 2.79. The first kappa shape index (κ1) is 13.7. The van der Waals surface area contributed by atoms with Crippen molar-refractivity contribution >= 4 is 17.3 Å². The van der Waals surface area contributed by atoms with Crippen molar-refractivity contribution in [1.29, 1.82) is 0 Å². The number of aromatic amines is 1. The number of aromatic nitrogens is 1. The van der Waals surface area contributed by atoms with Crippen LogP contribution in [0, 0.1) is 6.92 Å². The van der Waals surface area contributed by atoms with Gasteiger partial charge in [-0.2, -0.15) is 0 Å². The Balaban J connectivity index is 2.23. The molecule has 20 heavy (non-hydrogen) atoms. The highest BCUT2D eigenvalue weighted by Gasteiger charge is 2.11. The first-order valence-electron chi connectivity index (χ1n) is 5.96. The second-order valence-electron chi connectivity index (χ2n) is 4.29. The second-order valence-corrected chi connectivity index (χ2v) is 4.29. The van der Waals surface area contributed by atoms with E-state index >= 15 is 0 Å². The van der Waals surface area contributed by atoms with E-state index in [1.54, 1.807) is 31.2 Å². The quantitative estimate of drug-likeness (QED) is 0.739. The zero-order valence-corrected chi connectivity index (χ0v) is 11.2. The number of rotatable bonds is 3. The maximum Gasteiger partial charge on any atom is 0.261 e. The Morgan fingerprint density at radius 3 is 2.65 bits per heavy atom. The number of hydrogen-bond acceptors (Lipinski definition) is 4. The zero-order chi connectivity index (χ0) is 14.7. The molecule has 0 atom stereocenters. The van der Waals surface area contributed by atoms with Gasteiger partial charge in [0.15, 0.2) is 0 Å². The van der Waals surface area contributed by atoms with Gasteiger partial charge in [-0.25, -0.2) is 0 Å². The van der Waals surface area contributed by atoms with Gasteiger partial charge < -0.3 is 20.8 Å². The lowest BCUT2D eigenvalue weighted by Crippen LogP contribution is -2.23. The molecule has 2 rings (SSSR count). The Bertz CT molecular complexity index is 707. The van der Waals surface area contributed by atoms with Crippen LogP contribution >= 0.6 is 0 Å². The number of methoxy groups -OCH3 is 1. The van der Waals surface area contributed by atoms with E-state index in [0.717, 1.165) is 0 Å². The summed E-state index contributed by atoms with van der Waals surface area (Å²) in [5.74, 6) is 0.0343. The SMILES string of the molecule is COc1ccc(NC(=O)c2ccc(C)[nH]c2=O)cc1N. The molecular weight excluding hydrogens is 258 g/mol. The van der Waals surface area contributed by atoms with Crippen molar-refractivity contribution < 1.29 is 9.53 Å². The minimum absolute atomic E-state index is 0.0463. The molecule has 0 aliphatic heterocycles. The normalized spacial score (nSPS) is 10.1. The molecule has 0 aliphatic carbocycles. The third kappa shape index (κ3) is 2.80. The molecule has 0 bridgehead atoms. The van der Waals surface area contributed by atoms with Crippen LogP contribution in [0.25, 0.3) is 0 Å². The van der Waals surface area contributed by atoms with Crippen LogP contribution < -0.4 is 21.3 Å². The fourth-order valence-electron chi connectivity index (χ4n) is 1.76. The number of aryl methyl sites for hydroxylation is 1. The summed E-state index contributed by atoms with van der Waals surface area (Å²) in [5, 5.41) is 2.62. The maximum absolute atomic E-state index is 12.0. The van der Waals surface area contributed by atoms with E-state index in [1.807, 2.05) is 0 Å². The average molecular weight is 273 g/mol. The molecule has 6 nitrogen and oxygen atoms in total. The van der Waals surface area contributed by atoms with Crippen molar-refractivity contribution in [2.24, 2.45) is 0 Å². The number of benzene rings is 1. The largest absolute Gasteiger partial charge is 0.495 e. The van der Waals surface area contributed by atoms with E-state index in [-0.39, 0.29) is 5.56 Å². The molecule has 0 unspecified atom stereocenters. The standard InChI is InChI=1S/C14H15N3O3/c1-8-3-5-10(13(18)16-8)14(19)17-9-4-6-12(20-2)11(15)7-9/h3-7H,15H2,1-2H3,(H,16,18)(H,17,19). The molecule has 6 heteroatoms. The number of amides is 1. The van der Waals surface area contributed by atoms with Gasteiger partial charge in [0.1, 0.15) is 11.3 Å². The molecule has 0 fully saturated rings. The Hall–Kier alpha value is -2.76. The fraction of sp³-hybridized carbons (Fsp3) is 0.143. The topological polar surface area (TPSA) is 97.2 Å². The van der Waals surface area contributed by atoms with Gasteiger partial charge in [-0.15, -0.1) is 0 Å². The number of nitrogens with two attached hydrogens (primary N) is 1. The van der Waals surface area contributed by atoms with Crippen LogP contribution in [0.5, 0.6) is 5.75 Å². The Labute approximate surface area is 115 Å². The number of nitrogen functional groups attached to an aromatic ring is 1. The van der Waals surface area contributed by atoms with Gasteiger partial charge >= 0.3 is 0 Å². The van der Waals surface area contributed by atoms with Gasteiger partial charge in [-0.05, 0) is 37.3 Å². The first-order valence-corrected chi connectivity index (χ1v) is 5.96. The average Bonchev–Trinajstić information content (AvgIpc) is 2.38. The Kier molecular flexibility index (Phi) is 3.74. The molecule has 0 spiro atoms. The van der Waals surface area contributed by atoms with E-state index in [0.29, 0.717) is 22.8 Å². The molecule has 0 radical (unpaired) electrons.